The van der Waals surface area contributed by atoms with Crippen LogP contribution in [0, 0.1) is 0 Å². The minimum atomic E-state index is 0.307. The van der Waals surface area contributed by atoms with E-state index in [2.05, 4.69) is 69.7 Å². The summed E-state index contributed by atoms with van der Waals surface area (Å²) >= 11 is 0. The van der Waals surface area contributed by atoms with E-state index in [0.717, 1.165) is 24.6 Å². The van der Waals surface area contributed by atoms with Gasteiger partial charge in [0.2, 0.25) is 0 Å². The highest BCUT2D eigenvalue weighted by atomic mass is 15.3. The van der Waals surface area contributed by atoms with Crippen LogP contribution >= 0.6 is 0 Å². The molecular weight excluding hydrogens is 288 g/mol. The van der Waals surface area contributed by atoms with Crippen molar-refractivity contribution in [2.75, 3.05) is 7.05 Å². The van der Waals surface area contributed by atoms with Gasteiger partial charge >= 0.3 is 0 Å². The maximum atomic E-state index is 4.45. The Hall–Kier alpha value is -2.47. The summed E-state index contributed by atoms with van der Waals surface area (Å²) in [6.45, 7) is 6.12. The smallest absolute Gasteiger partial charge is 0.138 e. The van der Waals surface area contributed by atoms with Crippen molar-refractivity contribution >= 4 is 0 Å². The fourth-order valence-corrected chi connectivity index (χ4v) is 2.64. The minimum absolute atomic E-state index is 0.307. The van der Waals surface area contributed by atoms with E-state index in [1.807, 2.05) is 12.4 Å². The molecule has 0 amide bonds. The summed E-state index contributed by atoms with van der Waals surface area (Å²) in [6, 6.07) is 8.74. The van der Waals surface area contributed by atoms with Gasteiger partial charge in [-0.25, -0.2) is 14.6 Å². The molecule has 0 unspecified atom stereocenters. The molecule has 0 aliphatic heterocycles. The van der Waals surface area contributed by atoms with Crippen LogP contribution in [0.1, 0.15) is 31.3 Å². The molecule has 0 aliphatic carbocycles. The summed E-state index contributed by atoms with van der Waals surface area (Å²) in [5, 5.41) is 4.15. The standard InChI is InChI=1S/C17H22N6/c1-4-22-10-9-19-17(22)11-21(3)14(2)15-5-7-16(8-6-15)23-13-18-12-20-23/h5-10,12-14H,4,11H2,1-3H3/t14-/m0/s1. The van der Waals surface area contributed by atoms with Crippen LogP contribution in [0.25, 0.3) is 5.69 Å². The molecule has 2 heterocycles. The van der Waals surface area contributed by atoms with Gasteiger partial charge in [0, 0.05) is 25.0 Å². The van der Waals surface area contributed by atoms with Crippen molar-refractivity contribution in [1.82, 2.24) is 29.2 Å². The van der Waals surface area contributed by atoms with Gasteiger partial charge in [0.05, 0.1) is 12.2 Å². The molecule has 0 aliphatic rings. The van der Waals surface area contributed by atoms with Crippen LogP contribution in [0.15, 0.2) is 49.3 Å². The largest absolute Gasteiger partial charge is 0.334 e. The van der Waals surface area contributed by atoms with E-state index in [9.17, 15) is 0 Å². The monoisotopic (exact) mass is 310 g/mol. The van der Waals surface area contributed by atoms with Crippen molar-refractivity contribution < 1.29 is 0 Å². The van der Waals surface area contributed by atoms with Gasteiger partial charge in [-0.15, -0.1) is 0 Å². The summed E-state index contributed by atoms with van der Waals surface area (Å²) in [7, 11) is 2.13. The van der Waals surface area contributed by atoms with Crippen LogP contribution < -0.4 is 0 Å². The lowest BCUT2D eigenvalue weighted by Gasteiger charge is -2.25. The SMILES string of the molecule is CCn1ccnc1CN(C)[C@@H](C)c1ccc(-n2cncn2)cc1. The molecule has 1 atom stereocenters. The van der Waals surface area contributed by atoms with Crippen molar-refractivity contribution in [3.63, 3.8) is 0 Å². The second-order valence-corrected chi connectivity index (χ2v) is 5.65. The first-order chi connectivity index (χ1) is 11.2. The first-order valence-electron chi connectivity index (χ1n) is 7.84. The third kappa shape index (κ3) is 3.32. The molecule has 6 nitrogen and oxygen atoms in total. The van der Waals surface area contributed by atoms with E-state index >= 15 is 0 Å². The van der Waals surface area contributed by atoms with Gasteiger partial charge in [-0.2, -0.15) is 5.10 Å². The Bertz CT molecular complexity index is 729. The molecule has 0 N–H and O–H groups in total. The van der Waals surface area contributed by atoms with Crippen molar-refractivity contribution in [3.8, 4) is 5.69 Å². The highest BCUT2D eigenvalue weighted by molar-refractivity contribution is 5.34. The summed E-state index contributed by atoms with van der Waals surface area (Å²) in [6.07, 6.45) is 7.14. The molecule has 0 bridgehead atoms. The van der Waals surface area contributed by atoms with E-state index in [1.54, 1.807) is 17.3 Å². The number of aromatic nitrogens is 5. The highest BCUT2D eigenvalue weighted by Gasteiger charge is 2.14. The molecule has 3 aromatic rings. The van der Waals surface area contributed by atoms with Crippen LogP contribution in [-0.4, -0.2) is 36.3 Å². The summed E-state index contributed by atoms with van der Waals surface area (Å²) in [5.74, 6) is 1.10. The average Bonchev–Trinajstić information content (AvgIpc) is 3.25. The van der Waals surface area contributed by atoms with Crippen LogP contribution in [0.4, 0.5) is 0 Å². The van der Waals surface area contributed by atoms with Crippen LogP contribution in [0.2, 0.25) is 0 Å². The molecule has 0 saturated heterocycles. The lowest BCUT2D eigenvalue weighted by Crippen LogP contribution is -2.24. The lowest BCUT2D eigenvalue weighted by molar-refractivity contribution is 0.243. The van der Waals surface area contributed by atoms with E-state index in [-0.39, 0.29) is 0 Å². The fourth-order valence-electron chi connectivity index (χ4n) is 2.64. The number of nitrogens with zero attached hydrogens (tertiary/aromatic N) is 6. The van der Waals surface area contributed by atoms with Gasteiger partial charge < -0.3 is 4.57 Å². The van der Waals surface area contributed by atoms with E-state index in [1.165, 1.54) is 5.56 Å². The molecule has 120 valence electrons. The highest BCUT2D eigenvalue weighted by Crippen LogP contribution is 2.21. The van der Waals surface area contributed by atoms with Crippen LogP contribution in [0.5, 0.6) is 0 Å². The van der Waals surface area contributed by atoms with E-state index in [0.29, 0.717) is 6.04 Å². The second-order valence-electron chi connectivity index (χ2n) is 5.65. The molecule has 6 heteroatoms. The number of imidazole rings is 1. The summed E-state index contributed by atoms with van der Waals surface area (Å²) in [4.78, 5) is 10.7. The fraction of sp³-hybridized carbons (Fsp3) is 0.353. The quantitative estimate of drug-likeness (QED) is 0.702. The summed E-state index contributed by atoms with van der Waals surface area (Å²) < 4.78 is 3.94. The number of hydrogen-bond donors (Lipinski definition) is 0. The number of hydrogen-bond acceptors (Lipinski definition) is 4. The maximum Gasteiger partial charge on any atom is 0.138 e. The van der Waals surface area contributed by atoms with Gasteiger partial charge in [-0.1, -0.05) is 12.1 Å². The lowest BCUT2D eigenvalue weighted by atomic mass is 10.1. The Kier molecular flexibility index (Phi) is 4.52. The maximum absolute atomic E-state index is 4.45. The van der Waals surface area contributed by atoms with Crippen molar-refractivity contribution in [2.45, 2.75) is 33.0 Å². The van der Waals surface area contributed by atoms with Gasteiger partial charge in [0.15, 0.2) is 0 Å². The van der Waals surface area contributed by atoms with Crippen molar-refractivity contribution in [3.05, 3.63) is 60.7 Å². The van der Waals surface area contributed by atoms with E-state index in [4.69, 9.17) is 0 Å². The molecule has 3 rings (SSSR count). The van der Waals surface area contributed by atoms with Gasteiger partial charge in [-0.3, -0.25) is 4.90 Å². The number of aryl methyl sites for hydroxylation is 1. The molecule has 0 radical (unpaired) electrons. The predicted octanol–water partition coefficient (Wildman–Crippen LogP) is 2.68. The molecule has 0 saturated carbocycles. The molecule has 2 aromatic heterocycles. The van der Waals surface area contributed by atoms with Crippen LogP contribution in [0.3, 0.4) is 0 Å². The van der Waals surface area contributed by atoms with Crippen molar-refractivity contribution in [1.29, 1.82) is 0 Å². The minimum Gasteiger partial charge on any atom is -0.334 e. The average molecular weight is 310 g/mol. The Labute approximate surface area is 136 Å². The predicted molar refractivity (Wildman–Crippen MR) is 89.1 cm³/mol. The van der Waals surface area contributed by atoms with E-state index < -0.39 is 0 Å². The van der Waals surface area contributed by atoms with Gasteiger partial charge in [0.25, 0.3) is 0 Å². The summed E-state index contributed by atoms with van der Waals surface area (Å²) in [5.41, 5.74) is 2.29. The van der Waals surface area contributed by atoms with Gasteiger partial charge in [0.1, 0.15) is 18.5 Å². The molecule has 0 fully saturated rings. The zero-order chi connectivity index (χ0) is 16.2. The first-order valence-corrected chi connectivity index (χ1v) is 7.84. The molecule has 23 heavy (non-hydrogen) atoms. The Morgan fingerprint density at radius 2 is 2.00 bits per heavy atom. The zero-order valence-corrected chi connectivity index (χ0v) is 13.8. The molecular formula is C17H22N6. The third-order valence-corrected chi connectivity index (χ3v) is 4.25. The van der Waals surface area contributed by atoms with Crippen molar-refractivity contribution in [2.24, 2.45) is 0 Å². The first kappa shape index (κ1) is 15.4. The third-order valence-electron chi connectivity index (χ3n) is 4.25. The second kappa shape index (κ2) is 6.75. The van der Waals surface area contributed by atoms with Crippen LogP contribution in [-0.2, 0) is 13.1 Å². The normalized spacial score (nSPS) is 12.7. The molecule has 1 aromatic carbocycles. The molecule has 0 spiro atoms. The number of rotatable bonds is 6. The Morgan fingerprint density at radius 3 is 2.65 bits per heavy atom. The zero-order valence-electron chi connectivity index (χ0n) is 13.8. The van der Waals surface area contributed by atoms with Gasteiger partial charge in [-0.05, 0) is 38.6 Å². The number of benzene rings is 1. The topological polar surface area (TPSA) is 51.8 Å². The Balaban J connectivity index is 1.70. The Morgan fingerprint density at radius 1 is 1.22 bits per heavy atom.